The smallest absolute Gasteiger partial charge is 0.0459 e. The fraction of sp³-hybridized carbons (Fsp3) is 0.429. The zero-order valence-electron chi connectivity index (χ0n) is 9.22. The summed E-state index contributed by atoms with van der Waals surface area (Å²) in [5, 5.41) is 1.46. The van der Waals surface area contributed by atoms with Crippen LogP contribution in [0.2, 0.25) is 0 Å². The van der Waals surface area contributed by atoms with Gasteiger partial charge in [-0.15, -0.1) is 0 Å². The molecule has 0 fully saturated rings. The van der Waals surface area contributed by atoms with Crippen molar-refractivity contribution < 1.29 is 0 Å². The van der Waals surface area contributed by atoms with E-state index in [0.29, 0.717) is 0 Å². The maximum Gasteiger partial charge on any atom is 0.0459 e. The Morgan fingerprint density at radius 1 is 1.33 bits per heavy atom. The van der Waals surface area contributed by atoms with Gasteiger partial charge in [0.2, 0.25) is 0 Å². The van der Waals surface area contributed by atoms with Crippen LogP contribution in [0.3, 0.4) is 0 Å². The van der Waals surface area contributed by atoms with Gasteiger partial charge in [0.05, 0.1) is 0 Å². The molecule has 1 unspecified atom stereocenters. The molecule has 1 atom stereocenters. The van der Waals surface area contributed by atoms with Gasteiger partial charge in [-0.1, -0.05) is 25.1 Å². The highest BCUT2D eigenvalue weighted by atomic mass is 14.7. The molecule has 0 saturated carbocycles. The highest BCUT2D eigenvalue weighted by Gasteiger charge is 2.22. The number of para-hydroxylation sites is 1. The summed E-state index contributed by atoms with van der Waals surface area (Å²) in [7, 11) is 0. The lowest BCUT2D eigenvalue weighted by Gasteiger charge is -2.21. The van der Waals surface area contributed by atoms with Crippen LogP contribution >= 0.6 is 0 Å². The Hall–Kier alpha value is -1.24. The van der Waals surface area contributed by atoms with Crippen molar-refractivity contribution in [1.29, 1.82) is 0 Å². The van der Waals surface area contributed by atoms with Gasteiger partial charge in [-0.3, -0.25) is 0 Å². The molecule has 2 aromatic rings. The first-order valence-electron chi connectivity index (χ1n) is 5.99. The molecule has 0 bridgehead atoms. The van der Waals surface area contributed by atoms with E-state index in [1.807, 2.05) is 0 Å². The minimum atomic E-state index is 0.782. The molecule has 1 N–H and O–H groups in total. The van der Waals surface area contributed by atoms with E-state index in [4.69, 9.17) is 0 Å². The minimum Gasteiger partial charge on any atom is -0.358 e. The van der Waals surface area contributed by atoms with Crippen molar-refractivity contribution >= 4 is 10.9 Å². The first-order valence-corrected chi connectivity index (χ1v) is 5.99. The number of nitrogens with one attached hydrogen (secondary N) is 1. The highest BCUT2D eigenvalue weighted by molar-refractivity contribution is 5.85. The summed E-state index contributed by atoms with van der Waals surface area (Å²) in [5.74, 6) is 0.782. The number of hydrogen-bond donors (Lipinski definition) is 1. The topological polar surface area (TPSA) is 15.8 Å². The monoisotopic (exact) mass is 199 g/mol. The van der Waals surface area contributed by atoms with Crippen molar-refractivity contribution in [1.82, 2.24) is 4.98 Å². The van der Waals surface area contributed by atoms with Crippen LogP contribution in [0.4, 0.5) is 0 Å². The van der Waals surface area contributed by atoms with Crippen LogP contribution in [0.15, 0.2) is 24.3 Å². The second kappa shape index (κ2) is 3.41. The molecule has 1 heterocycles. The van der Waals surface area contributed by atoms with Crippen molar-refractivity contribution in [2.24, 2.45) is 0 Å². The predicted octanol–water partition coefficient (Wildman–Crippen LogP) is 4.00. The Kier molecular flexibility index (Phi) is 2.05. The van der Waals surface area contributed by atoms with E-state index in [1.54, 1.807) is 5.56 Å². The number of rotatable bonds is 1. The third kappa shape index (κ3) is 1.30. The third-order valence-corrected chi connectivity index (χ3v) is 3.71. The maximum atomic E-state index is 3.58. The number of aromatic amines is 1. The van der Waals surface area contributed by atoms with Crippen LogP contribution in [0.25, 0.3) is 10.9 Å². The van der Waals surface area contributed by atoms with Crippen molar-refractivity contribution in [3.05, 3.63) is 35.5 Å². The number of aromatic nitrogens is 1. The van der Waals surface area contributed by atoms with Crippen molar-refractivity contribution in [2.75, 3.05) is 0 Å². The second-order valence-electron chi connectivity index (χ2n) is 4.56. The van der Waals surface area contributed by atoms with Crippen LogP contribution in [0.5, 0.6) is 0 Å². The molecular formula is C14H17N. The molecule has 0 aliphatic heterocycles. The van der Waals surface area contributed by atoms with Crippen LogP contribution in [-0.2, 0) is 6.42 Å². The zero-order valence-corrected chi connectivity index (χ0v) is 9.22. The summed E-state index contributed by atoms with van der Waals surface area (Å²) in [6.45, 7) is 2.31. The van der Waals surface area contributed by atoms with E-state index < -0.39 is 0 Å². The third-order valence-electron chi connectivity index (χ3n) is 3.71. The summed E-state index contributed by atoms with van der Waals surface area (Å²) in [4.78, 5) is 3.58. The lowest BCUT2D eigenvalue weighted by Crippen LogP contribution is -2.07. The Morgan fingerprint density at radius 2 is 2.20 bits per heavy atom. The van der Waals surface area contributed by atoms with Gasteiger partial charge in [-0.2, -0.15) is 0 Å². The summed E-state index contributed by atoms with van der Waals surface area (Å²) < 4.78 is 0. The fourth-order valence-corrected chi connectivity index (χ4v) is 2.96. The van der Waals surface area contributed by atoms with Gasteiger partial charge in [-0.05, 0) is 43.2 Å². The van der Waals surface area contributed by atoms with E-state index in [1.165, 1.54) is 42.3 Å². The van der Waals surface area contributed by atoms with Crippen molar-refractivity contribution in [3.8, 4) is 0 Å². The predicted molar refractivity (Wildman–Crippen MR) is 64.3 cm³/mol. The molecule has 15 heavy (non-hydrogen) atoms. The van der Waals surface area contributed by atoms with Crippen LogP contribution in [-0.4, -0.2) is 4.98 Å². The standard InChI is InChI=1S/C14H17N/c1-2-10-6-5-9-13-14(10)11-7-3-4-8-12(11)15-13/h3-4,7-8,10,15H,2,5-6,9H2,1H3. The molecule has 1 aromatic heterocycles. The molecule has 0 saturated heterocycles. The molecule has 1 aliphatic carbocycles. The molecule has 0 spiro atoms. The van der Waals surface area contributed by atoms with Crippen molar-refractivity contribution in [2.45, 2.75) is 38.5 Å². The Morgan fingerprint density at radius 3 is 3.07 bits per heavy atom. The number of H-pyrrole nitrogens is 1. The first-order chi connectivity index (χ1) is 7.40. The second-order valence-corrected chi connectivity index (χ2v) is 4.56. The van der Waals surface area contributed by atoms with Gasteiger partial charge >= 0.3 is 0 Å². The number of fused-ring (bicyclic) bond motifs is 3. The minimum absolute atomic E-state index is 0.782. The summed E-state index contributed by atoms with van der Waals surface area (Å²) in [6.07, 6.45) is 5.22. The SMILES string of the molecule is CCC1CCCc2[nH]c3ccccc3c21. The van der Waals surface area contributed by atoms with E-state index in [-0.39, 0.29) is 0 Å². The lowest BCUT2D eigenvalue weighted by atomic mass is 9.84. The number of benzene rings is 1. The molecular weight excluding hydrogens is 182 g/mol. The number of hydrogen-bond acceptors (Lipinski definition) is 0. The Labute approximate surface area is 90.5 Å². The molecule has 78 valence electrons. The molecule has 1 aromatic carbocycles. The summed E-state index contributed by atoms with van der Waals surface area (Å²) >= 11 is 0. The maximum absolute atomic E-state index is 3.58. The Bertz CT molecular complexity index is 481. The average Bonchev–Trinajstić information content (AvgIpc) is 2.67. The van der Waals surface area contributed by atoms with Gasteiger partial charge in [0, 0.05) is 16.6 Å². The van der Waals surface area contributed by atoms with Gasteiger partial charge in [0.15, 0.2) is 0 Å². The Balaban J connectivity index is 2.27. The van der Waals surface area contributed by atoms with Crippen LogP contribution in [0.1, 0.15) is 43.4 Å². The summed E-state index contributed by atoms with van der Waals surface area (Å²) in [5.41, 5.74) is 4.43. The van der Waals surface area contributed by atoms with Gasteiger partial charge in [-0.25, -0.2) is 0 Å². The van der Waals surface area contributed by atoms with Crippen molar-refractivity contribution in [3.63, 3.8) is 0 Å². The van der Waals surface area contributed by atoms with E-state index in [2.05, 4.69) is 36.2 Å². The molecule has 1 aliphatic rings. The van der Waals surface area contributed by atoms with E-state index >= 15 is 0 Å². The molecule has 0 amide bonds. The lowest BCUT2D eigenvalue weighted by molar-refractivity contribution is 0.540. The van der Waals surface area contributed by atoms with Crippen LogP contribution < -0.4 is 0 Å². The normalized spacial score (nSPS) is 20.5. The molecule has 1 heteroatoms. The molecule has 1 nitrogen and oxygen atoms in total. The molecule has 0 radical (unpaired) electrons. The number of aryl methyl sites for hydroxylation is 1. The molecule has 3 rings (SSSR count). The van der Waals surface area contributed by atoms with Gasteiger partial charge < -0.3 is 4.98 Å². The van der Waals surface area contributed by atoms with Gasteiger partial charge in [0.25, 0.3) is 0 Å². The highest BCUT2D eigenvalue weighted by Crippen LogP contribution is 2.38. The zero-order chi connectivity index (χ0) is 10.3. The van der Waals surface area contributed by atoms with E-state index in [0.717, 1.165) is 5.92 Å². The quantitative estimate of drug-likeness (QED) is 0.714. The van der Waals surface area contributed by atoms with Gasteiger partial charge in [0.1, 0.15) is 0 Å². The summed E-state index contributed by atoms with van der Waals surface area (Å²) in [6, 6.07) is 8.72. The van der Waals surface area contributed by atoms with Crippen LogP contribution in [0, 0.1) is 0 Å². The van der Waals surface area contributed by atoms with E-state index in [9.17, 15) is 0 Å². The largest absolute Gasteiger partial charge is 0.358 e. The first kappa shape index (κ1) is 9.02. The average molecular weight is 199 g/mol. The fourth-order valence-electron chi connectivity index (χ4n) is 2.96.